The molecular weight excluding hydrogens is 285 g/mol. The van der Waals surface area contributed by atoms with Crippen LogP contribution in [0.5, 0.6) is 11.5 Å². The molecule has 1 N–H and O–H groups in total. The fourth-order valence-electron chi connectivity index (χ4n) is 2.06. The van der Waals surface area contributed by atoms with Crippen molar-refractivity contribution in [1.29, 1.82) is 0 Å². The van der Waals surface area contributed by atoms with Crippen LogP contribution < -0.4 is 14.8 Å². The summed E-state index contributed by atoms with van der Waals surface area (Å²) in [5.74, 6) is 0.177. The summed E-state index contributed by atoms with van der Waals surface area (Å²) in [6.07, 6.45) is 0. The third-order valence-electron chi connectivity index (χ3n) is 3.38. The Kier molecular flexibility index (Phi) is 4.99. The molecule has 0 radical (unpaired) electrons. The van der Waals surface area contributed by atoms with Crippen molar-refractivity contribution in [2.24, 2.45) is 0 Å². The summed E-state index contributed by atoms with van der Waals surface area (Å²) in [4.78, 5) is 12.2. The van der Waals surface area contributed by atoms with Gasteiger partial charge in [-0.05, 0) is 48.9 Å². The number of carbonyl (C=O) groups excluding carboxylic acids is 1. The molecule has 2 aromatic rings. The van der Waals surface area contributed by atoms with Gasteiger partial charge in [-0.25, -0.2) is 4.39 Å². The number of ether oxygens (including phenoxy) is 2. The molecule has 0 saturated carbocycles. The highest BCUT2D eigenvalue weighted by molar-refractivity contribution is 5.94. The number of methoxy groups -OCH3 is 2. The lowest BCUT2D eigenvalue weighted by Crippen LogP contribution is -2.26. The Balaban J connectivity index is 2.08. The first-order valence-corrected chi connectivity index (χ1v) is 6.83. The minimum atomic E-state index is -0.453. The molecule has 2 rings (SSSR count). The first-order valence-electron chi connectivity index (χ1n) is 6.83. The van der Waals surface area contributed by atoms with E-state index in [1.54, 1.807) is 50.4 Å². The van der Waals surface area contributed by atoms with E-state index in [1.165, 1.54) is 13.2 Å². The Hall–Kier alpha value is -2.56. The average Bonchev–Trinajstić information content (AvgIpc) is 2.54. The van der Waals surface area contributed by atoms with Gasteiger partial charge in [0.2, 0.25) is 0 Å². The number of carbonyl (C=O) groups is 1. The molecule has 0 spiro atoms. The third-order valence-corrected chi connectivity index (χ3v) is 3.38. The minimum absolute atomic E-state index is 0.178. The lowest BCUT2D eigenvalue weighted by molar-refractivity contribution is 0.0940. The summed E-state index contributed by atoms with van der Waals surface area (Å²) >= 11 is 0. The number of halogens is 1. The molecule has 0 unspecified atom stereocenters. The first-order chi connectivity index (χ1) is 10.5. The average molecular weight is 303 g/mol. The van der Waals surface area contributed by atoms with E-state index in [2.05, 4.69) is 5.32 Å². The molecule has 5 heteroatoms. The topological polar surface area (TPSA) is 47.6 Å². The van der Waals surface area contributed by atoms with E-state index in [4.69, 9.17) is 9.47 Å². The van der Waals surface area contributed by atoms with Gasteiger partial charge in [-0.15, -0.1) is 0 Å². The molecule has 22 heavy (non-hydrogen) atoms. The summed E-state index contributed by atoms with van der Waals surface area (Å²) in [6, 6.07) is 11.1. The van der Waals surface area contributed by atoms with Crippen molar-refractivity contribution in [1.82, 2.24) is 5.32 Å². The summed E-state index contributed by atoms with van der Waals surface area (Å²) in [6.45, 7) is 1.79. The van der Waals surface area contributed by atoms with Crippen molar-refractivity contribution >= 4 is 5.91 Å². The lowest BCUT2D eigenvalue weighted by Gasteiger charge is -2.15. The quantitative estimate of drug-likeness (QED) is 0.921. The Bertz CT molecular complexity index is 655. The molecule has 0 aliphatic carbocycles. The van der Waals surface area contributed by atoms with E-state index in [0.29, 0.717) is 16.9 Å². The highest BCUT2D eigenvalue weighted by Gasteiger charge is 2.13. The molecule has 4 nitrogen and oxygen atoms in total. The van der Waals surface area contributed by atoms with Crippen molar-refractivity contribution in [2.45, 2.75) is 13.0 Å². The van der Waals surface area contributed by atoms with Crippen LogP contribution in [0.15, 0.2) is 42.5 Å². The van der Waals surface area contributed by atoms with E-state index in [9.17, 15) is 9.18 Å². The Morgan fingerprint density at radius 3 is 2.32 bits per heavy atom. The lowest BCUT2D eigenvalue weighted by atomic mass is 10.1. The Morgan fingerprint density at radius 1 is 1.09 bits per heavy atom. The van der Waals surface area contributed by atoms with Crippen LogP contribution in [0.3, 0.4) is 0 Å². The maximum atomic E-state index is 13.7. The molecule has 116 valence electrons. The molecule has 0 aliphatic rings. The summed E-state index contributed by atoms with van der Waals surface area (Å²) in [5.41, 5.74) is 1.18. The van der Waals surface area contributed by atoms with Gasteiger partial charge in [-0.1, -0.05) is 6.07 Å². The number of benzene rings is 2. The van der Waals surface area contributed by atoms with Crippen LogP contribution in [0.2, 0.25) is 0 Å². The van der Waals surface area contributed by atoms with E-state index in [1.807, 2.05) is 0 Å². The smallest absolute Gasteiger partial charge is 0.251 e. The van der Waals surface area contributed by atoms with Crippen LogP contribution in [0.25, 0.3) is 0 Å². The maximum Gasteiger partial charge on any atom is 0.251 e. The van der Waals surface area contributed by atoms with Gasteiger partial charge in [0, 0.05) is 5.56 Å². The van der Waals surface area contributed by atoms with E-state index >= 15 is 0 Å². The van der Waals surface area contributed by atoms with Crippen molar-refractivity contribution in [3.8, 4) is 11.5 Å². The normalized spacial score (nSPS) is 11.6. The van der Waals surface area contributed by atoms with Gasteiger partial charge >= 0.3 is 0 Å². The number of amides is 1. The van der Waals surface area contributed by atoms with Gasteiger partial charge in [-0.3, -0.25) is 4.79 Å². The third kappa shape index (κ3) is 3.55. The summed E-state index contributed by atoms with van der Waals surface area (Å²) in [5, 5.41) is 2.83. The highest BCUT2D eigenvalue weighted by Crippen LogP contribution is 2.22. The van der Waals surface area contributed by atoms with Crippen molar-refractivity contribution in [3.63, 3.8) is 0 Å². The van der Waals surface area contributed by atoms with Gasteiger partial charge in [0.15, 0.2) is 11.6 Å². The number of nitrogens with one attached hydrogen (secondary N) is 1. The van der Waals surface area contributed by atoms with Crippen LogP contribution in [0, 0.1) is 5.82 Å². The van der Waals surface area contributed by atoms with Crippen molar-refractivity contribution < 1.29 is 18.7 Å². The fourth-order valence-corrected chi connectivity index (χ4v) is 2.06. The molecular formula is C17H18FNO3. The predicted octanol–water partition coefficient (Wildman–Crippen LogP) is 3.33. The summed E-state index contributed by atoms with van der Waals surface area (Å²) < 4.78 is 23.6. The van der Waals surface area contributed by atoms with Gasteiger partial charge in [0.1, 0.15) is 5.75 Å². The zero-order valence-electron chi connectivity index (χ0n) is 12.7. The van der Waals surface area contributed by atoms with Gasteiger partial charge in [0.25, 0.3) is 5.91 Å². The number of hydrogen-bond donors (Lipinski definition) is 1. The SMILES string of the molecule is COc1ccc(C(=O)N[C@H](C)c2ccc(OC)c(F)c2)cc1. The standard InChI is InChI=1S/C17H18FNO3/c1-11(13-6-9-16(22-3)15(18)10-13)19-17(20)12-4-7-14(21-2)8-5-12/h4-11H,1-3H3,(H,19,20)/t11-/m1/s1. The first kappa shape index (κ1) is 15.8. The number of hydrogen-bond acceptors (Lipinski definition) is 3. The van der Waals surface area contributed by atoms with Crippen LogP contribution in [-0.2, 0) is 0 Å². The Labute approximate surface area is 128 Å². The second kappa shape index (κ2) is 6.93. The van der Waals surface area contributed by atoms with Gasteiger partial charge in [0.05, 0.1) is 20.3 Å². The van der Waals surface area contributed by atoms with E-state index < -0.39 is 5.82 Å². The van der Waals surface area contributed by atoms with Crippen LogP contribution in [0.1, 0.15) is 28.9 Å². The van der Waals surface area contributed by atoms with Crippen molar-refractivity contribution in [3.05, 3.63) is 59.4 Å². The van der Waals surface area contributed by atoms with Crippen molar-refractivity contribution in [2.75, 3.05) is 14.2 Å². The summed E-state index contributed by atoms with van der Waals surface area (Å²) in [7, 11) is 2.97. The molecule has 0 aromatic heterocycles. The van der Waals surface area contributed by atoms with Crippen LogP contribution in [-0.4, -0.2) is 20.1 Å². The largest absolute Gasteiger partial charge is 0.497 e. The molecule has 0 fully saturated rings. The molecule has 0 aliphatic heterocycles. The van der Waals surface area contributed by atoms with Crippen LogP contribution in [0.4, 0.5) is 4.39 Å². The van der Waals surface area contributed by atoms with Gasteiger partial charge < -0.3 is 14.8 Å². The molecule has 0 heterocycles. The van der Waals surface area contributed by atoms with E-state index in [-0.39, 0.29) is 17.7 Å². The number of rotatable bonds is 5. The second-order valence-corrected chi connectivity index (χ2v) is 4.82. The maximum absolute atomic E-state index is 13.7. The molecule has 0 saturated heterocycles. The zero-order valence-corrected chi connectivity index (χ0v) is 12.7. The minimum Gasteiger partial charge on any atom is -0.497 e. The molecule has 0 bridgehead atoms. The Morgan fingerprint density at radius 2 is 1.77 bits per heavy atom. The molecule has 2 aromatic carbocycles. The van der Waals surface area contributed by atoms with Gasteiger partial charge in [-0.2, -0.15) is 0 Å². The highest BCUT2D eigenvalue weighted by atomic mass is 19.1. The zero-order chi connectivity index (χ0) is 16.1. The van der Waals surface area contributed by atoms with Crippen LogP contribution >= 0.6 is 0 Å². The molecule has 1 atom stereocenters. The fraction of sp³-hybridized carbons (Fsp3) is 0.235. The monoisotopic (exact) mass is 303 g/mol. The second-order valence-electron chi connectivity index (χ2n) is 4.82. The van der Waals surface area contributed by atoms with E-state index in [0.717, 1.165) is 0 Å². The molecule has 1 amide bonds. The predicted molar refractivity (Wildman–Crippen MR) is 81.8 cm³/mol.